The van der Waals surface area contributed by atoms with Gasteiger partial charge in [0.1, 0.15) is 5.82 Å². The number of likely N-dealkylation sites (N-methyl/N-ethyl adjacent to an activating group) is 1. The Kier molecular flexibility index (Phi) is 3.93. The second-order valence-corrected chi connectivity index (χ2v) is 4.39. The number of rotatable bonds is 3. The van der Waals surface area contributed by atoms with Gasteiger partial charge in [0.05, 0.1) is 12.3 Å². The number of benzene rings is 1. The van der Waals surface area contributed by atoms with Gasteiger partial charge in [-0.2, -0.15) is 0 Å². The Morgan fingerprint density at radius 3 is 2.59 bits per heavy atom. The smallest absolute Gasteiger partial charge is 0.146 e. The van der Waals surface area contributed by atoms with E-state index in [1.807, 2.05) is 6.07 Å². The van der Waals surface area contributed by atoms with E-state index in [4.69, 9.17) is 5.90 Å². The van der Waals surface area contributed by atoms with Gasteiger partial charge in [0.2, 0.25) is 0 Å². The Morgan fingerprint density at radius 1 is 1.29 bits per heavy atom. The average Bonchev–Trinajstić information content (AvgIpc) is 2.31. The van der Waals surface area contributed by atoms with Crippen LogP contribution in [0.3, 0.4) is 0 Å². The molecular weight excluding hydrogens is 221 g/mol. The topological polar surface area (TPSA) is 41.7 Å². The lowest BCUT2D eigenvalue weighted by molar-refractivity contribution is 0.124. The molecule has 1 fully saturated rings. The molecule has 1 heterocycles. The third-order valence-corrected chi connectivity index (χ3v) is 3.11. The molecule has 0 aliphatic carbocycles. The molecular formula is C12H18FN3O. The molecule has 0 aromatic heterocycles. The molecule has 1 aliphatic rings. The van der Waals surface area contributed by atoms with E-state index in [-0.39, 0.29) is 12.4 Å². The van der Waals surface area contributed by atoms with Crippen molar-refractivity contribution in [1.29, 1.82) is 0 Å². The monoisotopic (exact) mass is 239 g/mol. The van der Waals surface area contributed by atoms with E-state index in [9.17, 15) is 4.39 Å². The normalized spacial score (nSPS) is 17.5. The summed E-state index contributed by atoms with van der Waals surface area (Å²) in [7, 11) is 2.08. The van der Waals surface area contributed by atoms with Gasteiger partial charge in [-0.15, -0.1) is 0 Å². The van der Waals surface area contributed by atoms with E-state index in [1.165, 1.54) is 6.07 Å². The minimum atomic E-state index is -0.205. The molecule has 0 bridgehead atoms. The van der Waals surface area contributed by atoms with E-state index >= 15 is 0 Å². The van der Waals surface area contributed by atoms with Gasteiger partial charge in [-0.25, -0.2) is 10.3 Å². The molecule has 5 heteroatoms. The predicted molar refractivity (Wildman–Crippen MR) is 65.1 cm³/mol. The molecule has 17 heavy (non-hydrogen) atoms. The Balaban J connectivity index is 2.10. The molecule has 0 unspecified atom stereocenters. The summed E-state index contributed by atoms with van der Waals surface area (Å²) < 4.78 is 13.9. The third-order valence-electron chi connectivity index (χ3n) is 3.11. The van der Waals surface area contributed by atoms with E-state index in [1.54, 1.807) is 6.07 Å². The van der Waals surface area contributed by atoms with Crippen LogP contribution in [0.2, 0.25) is 0 Å². The highest BCUT2D eigenvalue weighted by molar-refractivity contribution is 5.49. The number of anilines is 1. The molecule has 2 N–H and O–H groups in total. The van der Waals surface area contributed by atoms with Crippen molar-refractivity contribution >= 4 is 5.69 Å². The Bertz CT molecular complexity index is 378. The molecule has 0 spiro atoms. The zero-order valence-electron chi connectivity index (χ0n) is 10.0. The lowest BCUT2D eigenvalue weighted by atomic mass is 10.2. The minimum Gasteiger partial charge on any atom is -0.367 e. The maximum Gasteiger partial charge on any atom is 0.146 e. The first-order valence-corrected chi connectivity index (χ1v) is 5.74. The van der Waals surface area contributed by atoms with Crippen molar-refractivity contribution < 1.29 is 9.23 Å². The minimum absolute atomic E-state index is 0.205. The highest BCUT2D eigenvalue weighted by Crippen LogP contribution is 2.21. The summed E-state index contributed by atoms with van der Waals surface area (Å²) in [6.45, 7) is 3.89. The van der Waals surface area contributed by atoms with E-state index in [0.29, 0.717) is 5.69 Å². The van der Waals surface area contributed by atoms with Gasteiger partial charge in [0, 0.05) is 26.2 Å². The molecule has 0 saturated carbocycles. The van der Waals surface area contributed by atoms with Crippen LogP contribution in [0.4, 0.5) is 10.1 Å². The van der Waals surface area contributed by atoms with Crippen molar-refractivity contribution in [2.45, 2.75) is 6.61 Å². The summed E-state index contributed by atoms with van der Waals surface area (Å²) in [5.41, 5.74) is 1.42. The average molecular weight is 239 g/mol. The van der Waals surface area contributed by atoms with Gasteiger partial charge in [0.15, 0.2) is 0 Å². The standard InChI is InChI=1S/C12H18FN3O/c1-15-4-6-16(7-5-15)12-3-2-10(9-17-14)8-11(12)13/h2-3,8H,4-7,9,14H2,1H3. The van der Waals surface area contributed by atoms with Gasteiger partial charge in [0.25, 0.3) is 0 Å². The molecule has 1 aromatic carbocycles. The van der Waals surface area contributed by atoms with Crippen molar-refractivity contribution in [3.63, 3.8) is 0 Å². The quantitative estimate of drug-likeness (QED) is 0.798. The molecule has 0 radical (unpaired) electrons. The third kappa shape index (κ3) is 2.94. The first kappa shape index (κ1) is 12.3. The molecule has 1 aliphatic heterocycles. The SMILES string of the molecule is CN1CCN(c2ccc(CON)cc2F)CC1. The number of hydrogen-bond acceptors (Lipinski definition) is 4. The summed E-state index contributed by atoms with van der Waals surface area (Å²) >= 11 is 0. The van der Waals surface area contributed by atoms with Crippen molar-refractivity contribution in [2.75, 3.05) is 38.1 Å². The maximum atomic E-state index is 13.9. The number of piperazine rings is 1. The summed E-state index contributed by atoms with van der Waals surface area (Å²) in [4.78, 5) is 8.81. The van der Waals surface area contributed by atoms with Crippen LogP contribution in [0.5, 0.6) is 0 Å². The van der Waals surface area contributed by atoms with E-state index in [2.05, 4.69) is 21.7 Å². The van der Waals surface area contributed by atoms with Crippen LogP contribution in [0, 0.1) is 5.82 Å². The highest BCUT2D eigenvalue weighted by Gasteiger charge is 2.17. The van der Waals surface area contributed by atoms with Gasteiger partial charge in [-0.1, -0.05) is 6.07 Å². The molecule has 0 atom stereocenters. The van der Waals surface area contributed by atoms with E-state index < -0.39 is 0 Å². The fraction of sp³-hybridized carbons (Fsp3) is 0.500. The van der Waals surface area contributed by atoms with Crippen LogP contribution in [0.25, 0.3) is 0 Å². The fourth-order valence-corrected chi connectivity index (χ4v) is 2.04. The molecule has 2 rings (SSSR count). The Hall–Kier alpha value is -1.17. The number of nitrogens with zero attached hydrogens (tertiary/aromatic N) is 2. The summed E-state index contributed by atoms with van der Waals surface area (Å²) in [6.07, 6.45) is 0. The summed E-state index contributed by atoms with van der Waals surface area (Å²) in [5.74, 6) is 4.76. The Labute approximate surface area is 101 Å². The summed E-state index contributed by atoms with van der Waals surface area (Å²) in [6, 6.07) is 5.14. The fourth-order valence-electron chi connectivity index (χ4n) is 2.04. The second kappa shape index (κ2) is 5.44. The van der Waals surface area contributed by atoms with Crippen LogP contribution >= 0.6 is 0 Å². The van der Waals surface area contributed by atoms with Crippen LogP contribution in [-0.4, -0.2) is 38.1 Å². The van der Waals surface area contributed by atoms with Crippen LogP contribution in [0.1, 0.15) is 5.56 Å². The number of hydrogen-bond donors (Lipinski definition) is 1. The first-order valence-electron chi connectivity index (χ1n) is 5.74. The largest absolute Gasteiger partial charge is 0.367 e. The van der Waals surface area contributed by atoms with Crippen LogP contribution in [0.15, 0.2) is 18.2 Å². The van der Waals surface area contributed by atoms with Crippen molar-refractivity contribution in [1.82, 2.24) is 4.90 Å². The van der Waals surface area contributed by atoms with Gasteiger partial charge >= 0.3 is 0 Å². The zero-order chi connectivity index (χ0) is 12.3. The molecule has 1 saturated heterocycles. The molecule has 94 valence electrons. The molecule has 4 nitrogen and oxygen atoms in total. The van der Waals surface area contributed by atoms with Gasteiger partial charge < -0.3 is 9.80 Å². The van der Waals surface area contributed by atoms with Gasteiger partial charge in [-0.3, -0.25) is 4.84 Å². The lowest BCUT2D eigenvalue weighted by Gasteiger charge is -2.34. The second-order valence-electron chi connectivity index (χ2n) is 4.39. The highest BCUT2D eigenvalue weighted by atomic mass is 19.1. The van der Waals surface area contributed by atoms with Crippen LogP contribution in [-0.2, 0) is 11.4 Å². The molecule has 0 amide bonds. The van der Waals surface area contributed by atoms with Crippen molar-refractivity contribution in [3.05, 3.63) is 29.6 Å². The zero-order valence-corrected chi connectivity index (χ0v) is 10.0. The number of nitrogens with two attached hydrogens (primary N) is 1. The maximum absolute atomic E-state index is 13.9. The van der Waals surface area contributed by atoms with Crippen molar-refractivity contribution in [2.24, 2.45) is 5.90 Å². The van der Waals surface area contributed by atoms with Gasteiger partial charge in [-0.05, 0) is 24.7 Å². The van der Waals surface area contributed by atoms with Crippen molar-refractivity contribution in [3.8, 4) is 0 Å². The molecule has 1 aromatic rings. The lowest BCUT2D eigenvalue weighted by Crippen LogP contribution is -2.44. The Morgan fingerprint density at radius 2 is 2.00 bits per heavy atom. The summed E-state index contributed by atoms with van der Waals surface area (Å²) in [5, 5.41) is 0. The first-order chi connectivity index (χ1) is 8.20. The van der Waals surface area contributed by atoms with Crippen LogP contribution < -0.4 is 10.8 Å². The predicted octanol–water partition coefficient (Wildman–Crippen LogP) is 0.968. The number of halogens is 1. The van der Waals surface area contributed by atoms with E-state index in [0.717, 1.165) is 31.7 Å².